The average Bonchev–Trinajstić information content (AvgIpc) is 3.22. The third-order valence-electron chi connectivity index (χ3n) is 4.44. The van der Waals surface area contributed by atoms with Crippen LogP contribution in [0.1, 0.15) is 22.6 Å². The van der Waals surface area contributed by atoms with Crippen LogP contribution in [-0.2, 0) is 11.2 Å². The first-order valence-corrected chi connectivity index (χ1v) is 9.72. The molecule has 0 bridgehead atoms. The van der Waals surface area contributed by atoms with Crippen molar-refractivity contribution in [3.05, 3.63) is 80.4 Å². The second-order valence-electron chi connectivity index (χ2n) is 5.87. The summed E-state index contributed by atoms with van der Waals surface area (Å²) >= 11 is 3.79. The maximum Gasteiger partial charge on any atom is 0.230 e. The van der Waals surface area contributed by atoms with E-state index >= 15 is 0 Å². The standard InChI is InChI=1S/C19H15IN2OS/c20-14-7-6-13-10-16(18(23)22-19-21-8-9-24-19)17(15(13)11-14)12-4-2-1-3-5-12/h1-9,11,16-17H,10H2,(H,21,22,23)/t16-,17-/m1/s1. The van der Waals surface area contributed by atoms with E-state index in [1.54, 1.807) is 6.20 Å². The van der Waals surface area contributed by atoms with Crippen molar-refractivity contribution in [2.75, 3.05) is 5.32 Å². The Hall–Kier alpha value is -1.73. The summed E-state index contributed by atoms with van der Waals surface area (Å²) in [4.78, 5) is 17.1. The molecule has 0 saturated carbocycles. The lowest BCUT2D eigenvalue weighted by Crippen LogP contribution is -2.26. The van der Waals surface area contributed by atoms with E-state index in [1.165, 1.54) is 31.6 Å². The van der Waals surface area contributed by atoms with Gasteiger partial charge in [0, 0.05) is 21.1 Å². The van der Waals surface area contributed by atoms with Crippen LogP contribution in [-0.4, -0.2) is 10.9 Å². The van der Waals surface area contributed by atoms with E-state index in [-0.39, 0.29) is 17.7 Å². The van der Waals surface area contributed by atoms with Gasteiger partial charge in [-0.05, 0) is 57.8 Å². The average molecular weight is 446 g/mol. The molecule has 1 amide bonds. The third kappa shape index (κ3) is 2.98. The van der Waals surface area contributed by atoms with E-state index in [1.807, 2.05) is 23.6 Å². The lowest BCUT2D eigenvalue weighted by Gasteiger charge is -2.20. The zero-order chi connectivity index (χ0) is 16.5. The summed E-state index contributed by atoms with van der Waals surface area (Å²) in [6.45, 7) is 0. The van der Waals surface area contributed by atoms with Crippen molar-refractivity contribution in [2.45, 2.75) is 12.3 Å². The van der Waals surface area contributed by atoms with E-state index in [0.29, 0.717) is 5.13 Å². The van der Waals surface area contributed by atoms with E-state index in [9.17, 15) is 4.79 Å². The molecule has 0 radical (unpaired) electrons. The number of hydrogen-bond donors (Lipinski definition) is 1. The molecule has 2 atom stereocenters. The number of nitrogens with one attached hydrogen (secondary N) is 1. The molecule has 1 aliphatic rings. The van der Waals surface area contributed by atoms with Crippen LogP contribution in [0.25, 0.3) is 0 Å². The molecule has 2 aromatic carbocycles. The summed E-state index contributed by atoms with van der Waals surface area (Å²) in [6, 6.07) is 16.8. The molecule has 5 heteroatoms. The zero-order valence-electron chi connectivity index (χ0n) is 12.8. The molecule has 0 unspecified atom stereocenters. The normalized spacial score (nSPS) is 19.0. The number of rotatable bonds is 3. The van der Waals surface area contributed by atoms with Crippen molar-refractivity contribution in [3.8, 4) is 0 Å². The molecule has 4 rings (SSSR count). The van der Waals surface area contributed by atoms with Gasteiger partial charge in [-0.15, -0.1) is 11.3 Å². The van der Waals surface area contributed by atoms with Crippen molar-refractivity contribution in [3.63, 3.8) is 0 Å². The van der Waals surface area contributed by atoms with Crippen LogP contribution in [0.3, 0.4) is 0 Å². The lowest BCUT2D eigenvalue weighted by molar-refractivity contribution is -0.120. The van der Waals surface area contributed by atoms with Crippen LogP contribution in [0.15, 0.2) is 60.1 Å². The molecule has 3 nitrogen and oxygen atoms in total. The number of thiazole rings is 1. The summed E-state index contributed by atoms with van der Waals surface area (Å²) in [5.74, 6) is 0.0328. The number of aromatic nitrogens is 1. The minimum absolute atomic E-state index is 0.0463. The third-order valence-corrected chi connectivity index (χ3v) is 5.80. The van der Waals surface area contributed by atoms with Crippen LogP contribution in [0.2, 0.25) is 0 Å². The van der Waals surface area contributed by atoms with Gasteiger partial charge in [0.1, 0.15) is 0 Å². The van der Waals surface area contributed by atoms with Gasteiger partial charge in [-0.1, -0.05) is 36.4 Å². The fourth-order valence-corrected chi connectivity index (χ4v) is 4.46. The molecule has 3 aromatic rings. The van der Waals surface area contributed by atoms with E-state index < -0.39 is 0 Å². The minimum Gasteiger partial charge on any atom is -0.302 e. The predicted octanol–water partition coefficient (Wildman–Crippen LogP) is 4.69. The maximum absolute atomic E-state index is 12.9. The van der Waals surface area contributed by atoms with Crippen molar-refractivity contribution in [1.82, 2.24) is 4.98 Å². The van der Waals surface area contributed by atoms with Crippen molar-refractivity contribution in [1.29, 1.82) is 0 Å². The molecule has 24 heavy (non-hydrogen) atoms. The fraction of sp³-hybridized carbons (Fsp3) is 0.158. The zero-order valence-corrected chi connectivity index (χ0v) is 15.8. The van der Waals surface area contributed by atoms with Gasteiger partial charge in [0.15, 0.2) is 5.13 Å². The number of amides is 1. The van der Waals surface area contributed by atoms with Gasteiger partial charge in [0.25, 0.3) is 0 Å². The Labute approximate surface area is 158 Å². The van der Waals surface area contributed by atoms with E-state index in [0.717, 1.165) is 6.42 Å². The highest BCUT2D eigenvalue weighted by molar-refractivity contribution is 14.1. The number of anilines is 1. The molecule has 1 aromatic heterocycles. The van der Waals surface area contributed by atoms with Gasteiger partial charge in [-0.25, -0.2) is 4.98 Å². The Balaban J connectivity index is 1.72. The van der Waals surface area contributed by atoms with Crippen molar-refractivity contribution in [2.24, 2.45) is 5.92 Å². The molecule has 0 aliphatic heterocycles. The van der Waals surface area contributed by atoms with Gasteiger partial charge in [-0.2, -0.15) is 0 Å². The number of hydrogen-bond acceptors (Lipinski definition) is 3. The maximum atomic E-state index is 12.9. The highest BCUT2D eigenvalue weighted by Gasteiger charge is 2.38. The molecule has 0 spiro atoms. The topological polar surface area (TPSA) is 42.0 Å². The quantitative estimate of drug-likeness (QED) is 0.594. The van der Waals surface area contributed by atoms with Gasteiger partial charge in [0.2, 0.25) is 5.91 Å². The van der Waals surface area contributed by atoms with Gasteiger partial charge in [0.05, 0.1) is 5.92 Å². The Kier molecular flexibility index (Phi) is 4.37. The van der Waals surface area contributed by atoms with Crippen molar-refractivity contribution < 1.29 is 4.79 Å². The summed E-state index contributed by atoms with van der Waals surface area (Å²) in [6.07, 6.45) is 2.48. The SMILES string of the molecule is O=C(Nc1nccs1)[C@@H]1Cc2ccc(I)cc2[C@H]1c1ccccc1. The van der Waals surface area contributed by atoms with Crippen LogP contribution in [0.4, 0.5) is 5.13 Å². The summed E-state index contributed by atoms with van der Waals surface area (Å²) in [5.41, 5.74) is 3.73. The fourth-order valence-electron chi connectivity index (χ4n) is 3.41. The molecule has 0 fully saturated rings. The second kappa shape index (κ2) is 6.64. The number of carbonyl (C=O) groups is 1. The molecular formula is C19H15IN2OS. The first-order valence-electron chi connectivity index (χ1n) is 7.76. The predicted molar refractivity (Wildman–Crippen MR) is 105 cm³/mol. The van der Waals surface area contributed by atoms with Crippen LogP contribution >= 0.6 is 33.9 Å². The molecular weight excluding hydrogens is 431 g/mol. The molecule has 1 heterocycles. The molecule has 120 valence electrons. The van der Waals surface area contributed by atoms with Crippen LogP contribution < -0.4 is 5.32 Å². The van der Waals surface area contributed by atoms with Crippen molar-refractivity contribution >= 4 is 45.0 Å². The number of carbonyl (C=O) groups excluding carboxylic acids is 1. The van der Waals surface area contributed by atoms with E-state index in [2.05, 4.69) is 63.2 Å². The number of halogens is 1. The first kappa shape index (κ1) is 15.8. The van der Waals surface area contributed by atoms with Crippen LogP contribution in [0, 0.1) is 9.49 Å². The number of nitrogens with zero attached hydrogens (tertiary/aromatic N) is 1. The number of fused-ring (bicyclic) bond motifs is 1. The summed E-state index contributed by atoms with van der Waals surface area (Å²) in [7, 11) is 0. The molecule has 1 N–H and O–H groups in total. The first-order chi connectivity index (χ1) is 11.7. The largest absolute Gasteiger partial charge is 0.302 e. The summed E-state index contributed by atoms with van der Waals surface area (Å²) in [5, 5.41) is 5.51. The second-order valence-corrected chi connectivity index (χ2v) is 8.01. The lowest BCUT2D eigenvalue weighted by atomic mass is 9.85. The molecule has 0 saturated heterocycles. The van der Waals surface area contributed by atoms with Gasteiger partial charge in [-0.3, -0.25) is 4.79 Å². The Morgan fingerprint density at radius 2 is 2.04 bits per heavy atom. The highest BCUT2D eigenvalue weighted by atomic mass is 127. The molecule has 1 aliphatic carbocycles. The number of benzene rings is 2. The summed E-state index contributed by atoms with van der Waals surface area (Å²) < 4.78 is 1.20. The Morgan fingerprint density at radius 1 is 1.21 bits per heavy atom. The van der Waals surface area contributed by atoms with Gasteiger partial charge >= 0.3 is 0 Å². The Morgan fingerprint density at radius 3 is 2.79 bits per heavy atom. The minimum atomic E-state index is -0.107. The van der Waals surface area contributed by atoms with Gasteiger partial charge < -0.3 is 5.32 Å². The monoisotopic (exact) mass is 446 g/mol. The highest BCUT2D eigenvalue weighted by Crippen LogP contribution is 2.43. The Bertz CT molecular complexity index is 864. The van der Waals surface area contributed by atoms with Crippen LogP contribution in [0.5, 0.6) is 0 Å². The van der Waals surface area contributed by atoms with E-state index in [4.69, 9.17) is 0 Å². The smallest absolute Gasteiger partial charge is 0.230 e.